The third-order valence-corrected chi connectivity index (χ3v) is 2.69. The second-order valence-corrected chi connectivity index (χ2v) is 4.29. The summed E-state index contributed by atoms with van der Waals surface area (Å²) in [5.74, 6) is 3.45. The van der Waals surface area contributed by atoms with E-state index in [4.69, 9.17) is 21.2 Å². The average Bonchev–Trinajstić information content (AvgIpc) is 2.57. The van der Waals surface area contributed by atoms with Crippen molar-refractivity contribution in [2.24, 2.45) is 5.84 Å². The van der Waals surface area contributed by atoms with Gasteiger partial charge in [-0.1, -0.05) is 0 Å². The number of aromatic carboxylic acids is 1. The van der Waals surface area contributed by atoms with E-state index in [-0.39, 0.29) is 39.7 Å². The van der Waals surface area contributed by atoms with E-state index >= 15 is 0 Å². The van der Waals surface area contributed by atoms with Gasteiger partial charge in [-0.2, -0.15) is 4.98 Å². The summed E-state index contributed by atoms with van der Waals surface area (Å²) in [6, 6.07) is 3.32. The SMILES string of the molecule is NNc1nc2nccnc2c(=O)[nH]1.O=C(O)c1cc(O)ccc1O. The minimum absolute atomic E-state index is 0.165. The van der Waals surface area contributed by atoms with E-state index in [1.165, 1.54) is 18.5 Å². The molecule has 1 aromatic carbocycles. The van der Waals surface area contributed by atoms with Crippen molar-refractivity contribution in [1.82, 2.24) is 19.9 Å². The zero-order valence-electron chi connectivity index (χ0n) is 12.0. The number of H-pyrrole nitrogens is 1. The lowest BCUT2D eigenvalue weighted by Gasteiger charge is -1.98. The number of phenolic OH excluding ortho intramolecular Hbond substituents is 1. The first-order valence-corrected chi connectivity index (χ1v) is 6.35. The van der Waals surface area contributed by atoms with Gasteiger partial charge in [0.15, 0.2) is 11.2 Å². The Balaban J connectivity index is 0.000000177. The smallest absolute Gasteiger partial charge is 0.339 e. The molecule has 0 fully saturated rings. The van der Waals surface area contributed by atoms with Gasteiger partial charge in [0.25, 0.3) is 5.56 Å². The molecule has 0 amide bonds. The Kier molecular flexibility index (Phi) is 4.87. The van der Waals surface area contributed by atoms with Gasteiger partial charge in [-0.25, -0.2) is 20.6 Å². The van der Waals surface area contributed by atoms with Crippen LogP contribution in [0.3, 0.4) is 0 Å². The number of nitrogens with one attached hydrogen (secondary N) is 2. The average molecular weight is 332 g/mol. The molecule has 0 aliphatic heterocycles. The lowest BCUT2D eigenvalue weighted by Crippen LogP contribution is -2.17. The Hall–Kier alpha value is -3.73. The summed E-state index contributed by atoms with van der Waals surface area (Å²) in [6.07, 6.45) is 2.88. The Labute approximate surface area is 133 Å². The third-order valence-electron chi connectivity index (χ3n) is 2.69. The zero-order chi connectivity index (χ0) is 17.7. The standard InChI is InChI=1S/C7H6O4.C6H6N6O/c8-4-1-2-6(9)5(3-4)7(10)11;7-12-6-10-4-3(5(13)11-6)8-1-2-9-4/h1-3,8-9H,(H,10,11);1-2H,7H2,(H2,9,10,11,12,13). The van der Waals surface area contributed by atoms with Crippen LogP contribution in [0.25, 0.3) is 11.2 Å². The number of aromatic nitrogens is 4. The number of nitrogen functional groups attached to an aromatic ring is 1. The number of carboxylic acid groups (broad SMARTS) is 1. The van der Waals surface area contributed by atoms with Gasteiger partial charge in [-0.3, -0.25) is 15.2 Å². The molecule has 0 unspecified atom stereocenters. The van der Waals surface area contributed by atoms with Crippen molar-refractivity contribution in [2.75, 3.05) is 5.43 Å². The topological polar surface area (TPSA) is 187 Å². The highest BCUT2D eigenvalue weighted by Crippen LogP contribution is 2.21. The predicted octanol–water partition coefficient (Wildman–Crippen LogP) is -0.205. The molecule has 11 heteroatoms. The molecule has 0 atom stereocenters. The summed E-state index contributed by atoms with van der Waals surface area (Å²) >= 11 is 0. The lowest BCUT2D eigenvalue weighted by molar-refractivity contribution is 0.0693. The van der Waals surface area contributed by atoms with Crippen molar-refractivity contribution in [3.8, 4) is 11.5 Å². The predicted molar refractivity (Wildman–Crippen MR) is 82.5 cm³/mol. The number of aromatic hydroxyl groups is 2. The number of anilines is 1. The van der Waals surface area contributed by atoms with Crippen molar-refractivity contribution < 1.29 is 20.1 Å². The molecule has 2 heterocycles. The van der Waals surface area contributed by atoms with Crippen molar-refractivity contribution >= 4 is 23.1 Å². The zero-order valence-corrected chi connectivity index (χ0v) is 12.0. The molecular weight excluding hydrogens is 320 g/mol. The fraction of sp³-hybridized carbons (Fsp3) is 0. The van der Waals surface area contributed by atoms with Gasteiger partial charge in [0.1, 0.15) is 17.1 Å². The van der Waals surface area contributed by atoms with E-state index < -0.39 is 5.97 Å². The Morgan fingerprint density at radius 2 is 1.92 bits per heavy atom. The van der Waals surface area contributed by atoms with Gasteiger partial charge in [-0.15, -0.1) is 0 Å². The summed E-state index contributed by atoms with van der Waals surface area (Å²) in [4.78, 5) is 35.5. The number of hydrazine groups is 1. The van der Waals surface area contributed by atoms with Crippen LogP contribution in [0.15, 0.2) is 35.4 Å². The van der Waals surface area contributed by atoms with Crippen LogP contribution in [0.5, 0.6) is 11.5 Å². The maximum Gasteiger partial charge on any atom is 0.339 e. The molecular formula is C13H12N6O5. The highest BCUT2D eigenvalue weighted by Gasteiger charge is 2.08. The lowest BCUT2D eigenvalue weighted by atomic mass is 10.2. The van der Waals surface area contributed by atoms with Gasteiger partial charge < -0.3 is 15.3 Å². The van der Waals surface area contributed by atoms with Crippen molar-refractivity contribution in [2.45, 2.75) is 0 Å². The molecule has 7 N–H and O–H groups in total. The summed E-state index contributed by atoms with van der Waals surface area (Å²) in [5.41, 5.74) is 2.01. The first-order valence-electron chi connectivity index (χ1n) is 6.35. The summed E-state index contributed by atoms with van der Waals surface area (Å²) in [5, 5.41) is 26.1. The second-order valence-electron chi connectivity index (χ2n) is 4.29. The van der Waals surface area contributed by atoms with E-state index in [2.05, 4.69) is 25.4 Å². The van der Waals surface area contributed by atoms with Crippen LogP contribution in [0.1, 0.15) is 10.4 Å². The quantitative estimate of drug-likeness (QED) is 0.208. The van der Waals surface area contributed by atoms with Gasteiger partial charge in [0, 0.05) is 12.4 Å². The van der Waals surface area contributed by atoms with E-state index in [9.17, 15) is 9.59 Å². The van der Waals surface area contributed by atoms with Crippen LogP contribution in [-0.2, 0) is 0 Å². The molecule has 0 aliphatic carbocycles. The van der Waals surface area contributed by atoms with Crippen LogP contribution < -0.4 is 16.8 Å². The van der Waals surface area contributed by atoms with E-state index in [0.29, 0.717) is 0 Å². The molecule has 0 aliphatic rings. The molecule has 24 heavy (non-hydrogen) atoms. The second kappa shape index (κ2) is 7.02. The van der Waals surface area contributed by atoms with Crippen LogP contribution in [-0.4, -0.2) is 41.2 Å². The number of carboxylic acids is 1. The normalized spacial score (nSPS) is 9.88. The number of nitrogens with zero attached hydrogens (tertiary/aromatic N) is 3. The molecule has 0 saturated heterocycles. The van der Waals surface area contributed by atoms with Crippen LogP contribution in [0.2, 0.25) is 0 Å². The molecule has 0 spiro atoms. The van der Waals surface area contributed by atoms with Gasteiger partial charge in [0.2, 0.25) is 5.95 Å². The number of benzene rings is 1. The van der Waals surface area contributed by atoms with Crippen molar-refractivity contribution in [1.29, 1.82) is 0 Å². The maximum atomic E-state index is 11.3. The van der Waals surface area contributed by atoms with Crippen molar-refractivity contribution in [3.63, 3.8) is 0 Å². The third kappa shape index (κ3) is 3.72. The van der Waals surface area contributed by atoms with Gasteiger partial charge in [0.05, 0.1) is 0 Å². The summed E-state index contributed by atoms with van der Waals surface area (Å²) < 4.78 is 0. The number of hydrogen-bond donors (Lipinski definition) is 6. The highest BCUT2D eigenvalue weighted by atomic mass is 16.4. The molecule has 0 saturated carbocycles. The monoisotopic (exact) mass is 332 g/mol. The number of fused-ring (bicyclic) bond motifs is 1. The number of carbonyl (C=O) groups is 1. The molecule has 0 bridgehead atoms. The molecule has 2 aromatic heterocycles. The summed E-state index contributed by atoms with van der Waals surface area (Å²) in [6.45, 7) is 0. The molecule has 0 radical (unpaired) electrons. The minimum Gasteiger partial charge on any atom is -0.508 e. The fourth-order valence-electron chi connectivity index (χ4n) is 1.64. The number of nitrogens with two attached hydrogens (primary N) is 1. The molecule has 3 rings (SSSR count). The Morgan fingerprint density at radius 3 is 2.54 bits per heavy atom. The van der Waals surface area contributed by atoms with Crippen LogP contribution >= 0.6 is 0 Å². The molecule has 3 aromatic rings. The number of rotatable bonds is 2. The van der Waals surface area contributed by atoms with E-state index in [1.807, 2.05) is 0 Å². The first kappa shape index (κ1) is 16.6. The largest absolute Gasteiger partial charge is 0.508 e. The van der Waals surface area contributed by atoms with Crippen molar-refractivity contribution in [3.05, 3.63) is 46.5 Å². The minimum atomic E-state index is -1.27. The molecule has 124 valence electrons. The number of hydrogen-bond acceptors (Lipinski definition) is 9. The number of aromatic amines is 1. The molecule has 11 nitrogen and oxygen atoms in total. The van der Waals surface area contributed by atoms with E-state index in [0.717, 1.165) is 12.1 Å². The summed E-state index contributed by atoms with van der Waals surface area (Å²) in [7, 11) is 0. The van der Waals surface area contributed by atoms with Gasteiger partial charge >= 0.3 is 5.97 Å². The highest BCUT2D eigenvalue weighted by molar-refractivity contribution is 5.91. The maximum absolute atomic E-state index is 11.3. The van der Waals surface area contributed by atoms with E-state index in [1.54, 1.807) is 0 Å². The first-order chi connectivity index (χ1) is 11.4. The Bertz CT molecular complexity index is 942. The number of phenols is 2. The van der Waals surface area contributed by atoms with Crippen LogP contribution in [0.4, 0.5) is 5.95 Å². The van der Waals surface area contributed by atoms with Gasteiger partial charge in [-0.05, 0) is 18.2 Å². The Morgan fingerprint density at radius 1 is 1.21 bits per heavy atom. The van der Waals surface area contributed by atoms with Crippen LogP contribution in [0, 0.1) is 0 Å². The fourth-order valence-corrected chi connectivity index (χ4v) is 1.64.